The zero-order chi connectivity index (χ0) is 17.8. The second-order valence-electron chi connectivity index (χ2n) is 5.56. The Morgan fingerprint density at radius 3 is 2.60 bits per heavy atom. The smallest absolute Gasteiger partial charge is 0.266 e. The number of rotatable bonds is 4. The maximum Gasteiger partial charge on any atom is 0.266 e. The summed E-state index contributed by atoms with van der Waals surface area (Å²) in [4.78, 5) is 15.7. The molecule has 0 unspecified atom stereocenters. The van der Waals surface area contributed by atoms with E-state index < -0.39 is 5.91 Å². The van der Waals surface area contributed by atoms with E-state index in [4.69, 9.17) is 4.74 Å². The van der Waals surface area contributed by atoms with Gasteiger partial charge in [-0.25, -0.2) is 0 Å². The number of fused-ring (bicyclic) bond motifs is 1. The molecule has 0 aliphatic heterocycles. The van der Waals surface area contributed by atoms with Gasteiger partial charge in [-0.15, -0.1) is 0 Å². The average molecular weight is 331 g/mol. The number of hydrogen-bond acceptors (Lipinski definition) is 3. The number of anilines is 1. The predicted molar refractivity (Wildman–Crippen MR) is 98.2 cm³/mol. The zero-order valence-electron chi connectivity index (χ0n) is 14.0. The van der Waals surface area contributed by atoms with Crippen molar-refractivity contribution in [1.82, 2.24) is 4.98 Å². The molecule has 0 saturated carbocycles. The molecule has 3 rings (SSSR count). The average Bonchev–Trinajstić information content (AvgIpc) is 2.95. The Morgan fingerprint density at radius 2 is 1.92 bits per heavy atom. The molecule has 5 heteroatoms. The minimum Gasteiger partial charge on any atom is -0.497 e. The number of ether oxygens (including phenoxy) is 1. The Kier molecular flexibility index (Phi) is 4.53. The summed E-state index contributed by atoms with van der Waals surface area (Å²) < 4.78 is 5.09. The normalized spacial score (nSPS) is 11.2. The summed E-state index contributed by atoms with van der Waals surface area (Å²) >= 11 is 0. The molecule has 3 aromatic rings. The van der Waals surface area contributed by atoms with E-state index >= 15 is 0 Å². The number of hydrogen-bond donors (Lipinski definition) is 2. The van der Waals surface area contributed by atoms with Crippen molar-refractivity contribution >= 4 is 28.6 Å². The molecule has 0 fully saturated rings. The first-order chi connectivity index (χ1) is 12.1. The number of methoxy groups -OCH3 is 1. The van der Waals surface area contributed by atoms with Gasteiger partial charge in [-0.05, 0) is 43.3 Å². The van der Waals surface area contributed by atoms with Crippen LogP contribution in [-0.4, -0.2) is 18.0 Å². The van der Waals surface area contributed by atoms with Crippen LogP contribution in [0, 0.1) is 18.3 Å². The van der Waals surface area contributed by atoms with E-state index in [1.54, 1.807) is 37.5 Å². The van der Waals surface area contributed by atoms with Gasteiger partial charge in [-0.3, -0.25) is 4.79 Å². The third kappa shape index (κ3) is 3.38. The molecule has 1 aromatic heterocycles. The molecule has 0 saturated heterocycles. The van der Waals surface area contributed by atoms with Gasteiger partial charge < -0.3 is 15.0 Å². The Hall–Kier alpha value is -3.52. The monoisotopic (exact) mass is 331 g/mol. The van der Waals surface area contributed by atoms with Crippen molar-refractivity contribution in [3.63, 3.8) is 0 Å². The van der Waals surface area contributed by atoms with E-state index in [0.717, 1.165) is 22.2 Å². The van der Waals surface area contributed by atoms with Crippen molar-refractivity contribution in [1.29, 1.82) is 5.26 Å². The maximum atomic E-state index is 12.4. The van der Waals surface area contributed by atoms with Crippen molar-refractivity contribution in [2.24, 2.45) is 0 Å². The van der Waals surface area contributed by atoms with E-state index in [0.29, 0.717) is 11.4 Å². The second-order valence-corrected chi connectivity index (χ2v) is 5.56. The van der Waals surface area contributed by atoms with Gasteiger partial charge in [-0.2, -0.15) is 5.26 Å². The van der Waals surface area contributed by atoms with Crippen molar-refractivity contribution in [2.75, 3.05) is 12.4 Å². The van der Waals surface area contributed by atoms with E-state index in [-0.39, 0.29) is 5.57 Å². The van der Waals surface area contributed by atoms with E-state index in [2.05, 4.69) is 10.3 Å². The van der Waals surface area contributed by atoms with E-state index in [1.165, 1.54) is 0 Å². The number of nitrogens with one attached hydrogen (secondary N) is 2. The number of carbonyl (C=O) groups is 1. The van der Waals surface area contributed by atoms with Crippen molar-refractivity contribution in [3.05, 3.63) is 65.4 Å². The highest BCUT2D eigenvalue weighted by atomic mass is 16.5. The minimum absolute atomic E-state index is 0.0451. The number of amides is 1. The fourth-order valence-electron chi connectivity index (χ4n) is 2.65. The number of aryl methyl sites for hydroxylation is 1. The molecule has 2 N–H and O–H groups in total. The first-order valence-corrected chi connectivity index (χ1v) is 7.77. The van der Waals surface area contributed by atoms with Crippen molar-refractivity contribution in [2.45, 2.75) is 6.92 Å². The summed E-state index contributed by atoms with van der Waals surface area (Å²) in [6, 6.07) is 16.7. The predicted octanol–water partition coefficient (Wildman–Crippen LogP) is 4.03. The topological polar surface area (TPSA) is 77.9 Å². The quantitative estimate of drug-likeness (QED) is 0.559. The highest BCUT2D eigenvalue weighted by molar-refractivity contribution is 6.11. The Morgan fingerprint density at radius 1 is 1.20 bits per heavy atom. The summed E-state index contributed by atoms with van der Waals surface area (Å²) in [5.74, 6) is 0.251. The fourth-order valence-corrected chi connectivity index (χ4v) is 2.65. The lowest BCUT2D eigenvalue weighted by Crippen LogP contribution is -2.13. The Labute approximate surface area is 145 Å². The standard InChI is InChI=1S/C20H17N3O2/c1-13-18(17-5-3-4-6-19(17)22-13)11-14(12-21)20(24)23-15-7-9-16(25-2)10-8-15/h3-11,22H,1-2H3,(H,23,24)/b14-11-. The highest BCUT2D eigenvalue weighted by Gasteiger charge is 2.13. The van der Waals surface area contributed by atoms with Gasteiger partial charge in [0.05, 0.1) is 7.11 Å². The fraction of sp³-hybridized carbons (Fsp3) is 0.100. The lowest BCUT2D eigenvalue weighted by atomic mass is 10.1. The maximum absolute atomic E-state index is 12.4. The number of H-pyrrole nitrogens is 1. The van der Waals surface area contributed by atoms with Crippen LogP contribution in [-0.2, 0) is 4.79 Å². The van der Waals surface area contributed by atoms with Gasteiger partial charge in [0.2, 0.25) is 0 Å². The molecule has 1 heterocycles. The first-order valence-electron chi connectivity index (χ1n) is 7.77. The Balaban J connectivity index is 1.90. The third-order valence-electron chi connectivity index (χ3n) is 3.95. The minimum atomic E-state index is -0.447. The van der Waals surface area contributed by atoms with Gasteiger partial charge in [0.15, 0.2) is 0 Å². The lowest BCUT2D eigenvalue weighted by Gasteiger charge is -2.05. The molecule has 0 aliphatic carbocycles. The number of benzene rings is 2. The van der Waals surface area contributed by atoms with Crippen LogP contribution in [0.5, 0.6) is 5.75 Å². The molecular formula is C20H17N3O2. The third-order valence-corrected chi connectivity index (χ3v) is 3.95. The van der Waals surface area contributed by atoms with E-state index in [1.807, 2.05) is 37.3 Å². The number of aromatic amines is 1. The largest absolute Gasteiger partial charge is 0.497 e. The molecule has 124 valence electrons. The lowest BCUT2D eigenvalue weighted by molar-refractivity contribution is -0.112. The molecule has 0 atom stereocenters. The SMILES string of the molecule is COc1ccc(NC(=O)/C(C#N)=C\c2c(C)[nH]c3ccccc23)cc1. The molecule has 0 aliphatic rings. The van der Waals surface area contributed by atoms with E-state index in [9.17, 15) is 10.1 Å². The van der Waals surface area contributed by atoms with Crippen molar-refractivity contribution < 1.29 is 9.53 Å². The van der Waals surface area contributed by atoms with Crippen LogP contribution < -0.4 is 10.1 Å². The zero-order valence-corrected chi connectivity index (χ0v) is 14.0. The van der Waals surface area contributed by atoms with Crippen molar-refractivity contribution in [3.8, 4) is 11.8 Å². The number of para-hydroxylation sites is 1. The number of aromatic nitrogens is 1. The highest BCUT2D eigenvalue weighted by Crippen LogP contribution is 2.24. The van der Waals surface area contributed by atoms with Crippen LogP contribution in [0.1, 0.15) is 11.3 Å². The van der Waals surface area contributed by atoms with Gasteiger partial charge in [0.1, 0.15) is 17.4 Å². The summed E-state index contributed by atoms with van der Waals surface area (Å²) in [5.41, 5.74) is 3.37. The summed E-state index contributed by atoms with van der Waals surface area (Å²) in [7, 11) is 1.58. The van der Waals surface area contributed by atoms with Crippen LogP contribution in [0.3, 0.4) is 0 Å². The Bertz CT molecular complexity index is 992. The van der Waals surface area contributed by atoms with Gasteiger partial charge in [0.25, 0.3) is 5.91 Å². The van der Waals surface area contributed by atoms with Crippen LogP contribution in [0.25, 0.3) is 17.0 Å². The molecule has 0 spiro atoms. The second kappa shape index (κ2) is 6.93. The van der Waals surface area contributed by atoms with Gasteiger partial charge in [-0.1, -0.05) is 18.2 Å². The first kappa shape index (κ1) is 16.3. The molecule has 25 heavy (non-hydrogen) atoms. The van der Waals surface area contributed by atoms with Gasteiger partial charge >= 0.3 is 0 Å². The van der Waals surface area contributed by atoms with Crippen LogP contribution >= 0.6 is 0 Å². The number of nitriles is 1. The van der Waals surface area contributed by atoms with Crippen LogP contribution in [0.2, 0.25) is 0 Å². The molecule has 1 amide bonds. The summed E-state index contributed by atoms with van der Waals surface area (Å²) in [6.07, 6.45) is 1.62. The molecule has 0 radical (unpaired) electrons. The van der Waals surface area contributed by atoms with Gasteiger partial charge in [0, 0.05) is 27.8 Å². The summed E-state index contributed by atoms with van der Waals surface area (Å²) in [5, 5.41) is 13.1. The molecule has 5 nitrogen and oxygen atoms in total. The molecule has 0 bridgehead atoms. The number of carbonyl (C=O) groups excluding carboxylic acids is 1. The number of nitrogens with zero attached hydrogens (tertiary/aromatic N) is 1. The molecule has 2 aromatic carbocycles. The van der Waals surface area contributed by atoms with Crippen LogP contribution in [0.15, 0.2) is 54.1 Å². The molecular weight excluding hydrogens is 314 g/mol. The van der Waals surface area contributed by atoms with Crippen LogP contribution in [0.4, 0.5) is 5.69 Å². The summed E-state index contributed by atoms with van der Waals surface area (Å²) in [6.45, 7) is 1.92.